The fraction of sp³-hybridized carbons (Fsp3) is 0.167. The number of aryl methyl sites for hydroxylation is 1. The van der Waals surface area contributed by atoms with Gasteiger partial charge in [0.2, 0.25) is 0 Å². The molecule has 0 bridgehead atoms. The molecule has 1 aromatic heterocycles. The topological polar surface area (TPSA) is 99.0 Å². The molecule has 0 fully saturated rings. The molecule has 0 radical (unpaired) electrons. The zero-order chi connectivity index (χ0) is 19.4. The lowest BCUT2D eigenvalue weighted by Gasteiger charge is -2.15. The summed E-state index contributed by atoms with van der Waals surface area (Å²) in [4.78, 5) is 24.6. The minimum absolute atomic E-state index is 0.311. The van der Waals surface area contributed by atoms with Crippen LogP contribution >= 0.6 is 11.6 Å². The molecule has 1 amide bonds. The van der Waals surface area contributed by atoms with Crippen molar-refractivity contribution in [1.29, 1.82) is 0 Å². The van der Waals surface area contributed by atoms with E-state index < -0.39 is 18.0 Å². The summed E-state index contributed by atoms with van der Waals surface area (Å²) in [5.41, 5.74) is 2.43. The van der Waals surface area contributed by atoms with Crippen molar-refractivity contribution in [1.82, 2.24) is 20.2 Å². The molecule has 0 spiro atoms. The second-order valence-electron chi connectivity index (χ2n) is 5.80. The van der Waals surface area contributed by atoms with E-state index in [1.54, 1.807) is 42.5 Å². The van der Waals surface area contributed by atoms with Crippen LogP contribution in [0.5, 0.6) is 0 Å². The molecule has 0 aliphatic carbocycles. The summed E-state index contributed by atoms with van der Waals surface area (Å²) in [6.07, 6.45) is 0.465. The maximum atomic E-state index is 12.3. The van der Waals surface area contributed by atoms with Crippen molar-refractivity contribution in [2.75, 3.05) is 5.32 Å². The number of hydrogen-bond acceptors (Lipinski definition) is 6. The molecule has 1 heterocycles. The van der Waals surface area contributed by atoms with Gasteiger partial charge < -0.3 is 10.1 Å². The predicted molar refractivity (Wildman–Crippen MR) is 98.9 cm³/mol. The number of anilines is 1. The number of amides is 1. The number of nitrogens with zero attached hydrogens (tertiary/aromatic N) is 4. The first-order valence-electron chi connectivity index (χ1n) is 8.05. The molecule has 9 heteroatoms. The summed E-state index contributed by atoms with van der Waals surface area (Å²) in [7, 11) is 0. The number of benzene rings is 2. The molecular weight excluding hydrogens is 370 g/mol. The highest BCUT2D eigenvalue weighted by Crippen LogP contribution is 2.20. The fourth-order valence-electron chi connectivity index (χ4n) is 2.28. The quantitative estimate of drug-likeness (QED) is 0.678. The standard InChI is InChI=1S/C18H16ClN5O3/c1-11-3-6-14(19)9-16(11)21-17(25)12(2)27-18(26)13-4-7-15(8-5-13)24-10-20-22-23-24/h3-10,12H,1-2H3,(H,21,25)/t12-/m1/s1. The van der Waals surface area contributed by atoms with E-state index in [0.29, 0.717) is 22.0 Å². The number of carbonyl (C=O) groups excluding carboxylic acids is 2. The maximum Gasteiger partial charge on any atom is 0.338 e. The average molecular weight is 386 g/mol. The first-order valence-corrected chi connectivity index (χ1v) is 8.43. The molecule has 1 N–H and O–H groups in total. The zero-order valence-electron chi connectivity index (χ0n) is 14.6. The Labute approximate surface area is 160 Å². The lowest BCUT2D eigenvalue weighted by atomic mass is 10.2. The third kappa shape index (κ3) is 4.48. The van der Waals surface area contributed by atoms with E-state index in [1.807, 2.05) is 6.92 Å². The number of rotatable bonds is 5. The van der Waals surface area contributed by atoms with Crippen LogP contribution in [0.4, 0.5) is 5.69 Å². The van der Waals surface area contributed by atoms with Gasteiger partial charge in [-0.2, -0.15) is 0 Å². The van der Waals surface area contributed by atoms with Crippen LogP contribution in [0.3, 0.4) is 0 Å². The van der Waals surface area contributed by atoms with E-state index in [4.69, 9.17) is 16.3 Å². The maximum absolute atomic E-state index is 12.3. The molecule has 3 rings (SSSR count). The van der Waals surface area contributed by atoms with Crippen LogP contribution in [-0.2, 0) is 9.53 Å². The van der Waals surface area contributed by atoms with Gasteiger partial charge in [-0.25, -0.2) is 9.48 Å². The van der Waals surface area contributed by atoms with Gasteiger partial charge in [0.15, 0.2) is 6.10 Å². The number of ether oxygens (including phenoxy) is 1. The van der Waals surface area contributed by atoms with Crippen molar-refractivity contribution < 1.29 is 14.3 Å². The van der Waals surface area contributed by atoms with Crippen LogP contribution < -0.4 is 5.32 Å². The number of carbonyl (C=O) groups is 2. The Hall–Kier alpha value is -3.26. The second-order valence-corrected chi connectivity index (χ2v) is 6.23. The molecule has 138 valence electrons. The summed E-state index contributed by atoms with van der Waals surface area (Å²) in [5.74, 6) is -1.05. The van der Waals surface area contributed by atoms with Crippen LogP contribution in [0, 0.1) is 6.92 Å². The van der Waals surface area contributed by atoms with Crippen molar-refractivity contribution in [3.63, 3.8) is 0 Å². The Morgan fingerprint density at radius 2 is 1.93 bits per heavy atom. The van der Waals surface area contributed by atoms with Crippen LogP contribution in [0.15, 0.2) is 48.8 Å². The highest BCUT2D eigenvalue weighted by Gasteiger charge is 2.19. The third-order valence-corrected chi connectivity index (χ3v) is 4.06. The van der Waals surface area contributed by atoms with Gasteiger partial charge in [-0.1, -0.05) is 17.7 Å². The number of tetrazole rings is 1. The summed E-state index contributed by atoms with van der Waals surface area (Å²) in [6, 6.07) is 11.7. The van der Waals surface area contributed by atoms with E-state index in [-0.39, 0.29) is 0 Å². The van der Waals surface area contributed by atoms with E-state index in [1.165, 1.54) is 17.9 Å². The SMILES string of the molecule is Cc1ccc(Cl)cc1NC(=O)[C@@H](C)OC(=O)c1ccc(-n2cnnn2)cc1. The molecule has 0 aliphatic rings. The van der Waals surface area contributed by atoms with Gasteiger partial charge in [0.05, 0.1) is 11.3 Å². The zero-order valence-corrected chi connectivity index (χ0v) is 15.3. The molecule has 0 saturated carbocycles. The number of hydrogen-bond donors (Lipinski definition) is 1. The Morgan fingerprint density at radius 1 is 1.19 bits per heavy atom. The van der Waals surface area contributed by atoms with Gasteiger partial charge in [-0.05, 0) is 66.2 Å². The van der Waals surface area contributed by atoms with Crippen LogP contribution in [0.2, 0.25) is 5.02 Å². The Balaban J connectivity index is 1.63. The van der Waals surface area contributed by atoms with Crippen LogP contribution in [0.25, 0.3) is 5.69 Å². The molecule has 3 aromatic rings. The van der Waals surface area contributed by atoms with E-state index in [0.717, 1.165) is 5.56 Å². The second kappa shape index (κ2) is 7.96. The monoisotopic (exact) mass is 385 g/mol. The smallest absolute Gasteiger partial charge is 0.338 e. The third-order valence-electron chi connectivity index (χ3n) is 3.83. The van der Waals surface area contributed by atoms with Crippen LogP contribution in [-0.4, -0.2) is 38.2 Å². The normalized spacial score (nSPS) is 11.7. The van der Waals surface area contributed by atoms with E-state index >= 15 is 0 Å². The van der Waals surface area contributed by atoms with E-state index in [9.17, 15) is 9.59 Å². The highest BCUT2D eigenvalue weighted by molar-refractivity contribution is 6.31. The summed E-state index contributed by atoms with van der Waals surface area (Å²) >= 11 is 5.94. The van der Waals surface area contributed by atoms with Crippen LogP contribution in [0.1, 0.15) is 22.8 Å². The Bertz CT molecular complexity index is 958. The molecule has 2 aromatic carbocycles. The average Bonchev–Trinajstić information content (AvgIpc) is 3.19. The van der Waals surface area contributed by atoms with Gasteiger partial charge in [-0.3, -0.25) is 4.79 Å². The van der Waals surface area contributed by atoms with Crippen molar-refractivity contribution in [3.8, 4) is 5.69 Å². The molecule has 0 saturated heterocycles. The van der Waals surface area contributed by atoms with Crippen molar-refractivity contribution in [2.45, 2.75) is 20.0 Å². The number of halogens is 1. The minimum atomic E-state index is -0.977. The van der Waals surface area contributed by atoms with Crippen molar-refractivity contribution in [2.24, 2.45) is 0 Å². The molecule has 27 heavy (non-hydrogen) atoms. The number of nitrogens with one attached hydrogen (secondary N) is 1. The highest BCUT2D eigenvalue weighted by atomic mass is 35.5. The van der Waals surface area contributed by atoms with Gasteiger partial charge in [0, 0.05) is 10.7 Å². The summed E-state index contributed by atoms with van der Waals surface area (Å²) in [5, 5.41) is 14.1. The summed E-state index contributed by atoms with van der Waals surface area (Å²) < 4.78 is 6.70. The van der Waals surface area contributed by atoms with Gasteiger partial charge in [-0.15, -0.1) is 5.10 Å². The van der Waals surface area contributed by atoms with Gasteiger partial charge in [0.25, 0.3) is 5.91 Å². The molecular formula is C18H16ClN5O3. The number of esters is 1. The largest absolute Gasteiger partial charge is 0.449 e. The van der Waals surface area contributed by atoms with E-state index in [2.05, 4.69) is 20.8 Å². The summed E-state index contributed by atoms with van der Waals surface area (Å²) in [6.45, 7) is 3.34. The van der Waals surface area contributed by atoms with Crippen molar-refractivity contribution >= 4 is 29.2 Å². The van der Waals surface area contributed by atoms with Crippen molar-refractivity contribution in [3.05, 3.63) is 64.9 Å². The Morgan fingerprint density at radius 3 is 2.59 bits per heavy atom. The lowest BCUT2D eigenvalue weighted by Crippen LogP contribution is -2.30. The molecule has 1 atom stereocenters. The Kier molecular flexibility index (Phi) is 5.46. The van der Waals surface area contributed by atoms with Gasteiger partial charge >= 0.3 is 5.97 Å². The fourth-order valence-corrected chi connectivity index (χ4v) is 2.45. The lowest BCUT2D eigenvalue weighted by molar-refractivity contribution is -0.123. The number of aromatic nitrogens is 4. The molecule has 0 aliphatic heterocycles. The predicted octanol–water partition coefficient (Wildman–Crippen LogP) is 2.81. The molecule has 8 nitrogen and oxygen atoms in total. The van der Waals surface area contributed by atoms with Gasteiger partial charge in [0.1, 0.15) is 6.33 Å². The first kappa shape index (κ1) is 18.5. The minimum Gasteiger partial charge on any atom is -0.449 e. The molecule has 0 unspecified atom stereocenters. The first-order chi connectivity index (χ1) is 12.9.